The quantitative estimate of drug-likeness (QED) is 0.852. The zero-order chi connectivity index (χ0) is 18.7. The number of aliphatic imine (C=N–C) groups is 1. The van der Waals surface area contributed by atoms with Crippen molar-refractivity contribution in [1.82, 2.24) is 9.80 Å². The molecule has 5 nitrogen and oxygen atoms in total. The van der Waals surface area contributed by atoms with Crippen LogP contribution in [0.15, 0.2) is 35.3 Å². The van der Waals surface area contributed by atoms with Gasteiger partial charge in [-0.15, -0.1) is 0 Å². The lowest BCUT2D eigenvalue weighted by molar-refractivity contribution is -0.131. The van der Waals surface area contributed by atoms with E-state index in [4.69, 9.17) is 5.73 Å². The van der Waals surface area contributed by atoms with Crippen molar-refractivity contribution in [3.8, 4) is 0 Å². The number of hydrogen-bond acceptors (Lipinski definition) is 4. The van der Waals surface area contributed by atoms with Crippen molar-refractivity contribution in [2.75, 3.05) is 19.6 Å². The summed E-state index contributed by atoms with van der Waals surface area (Å²) in [5, 5.41) is 0. The number of rotatable bonds is 6. The largest absolute Gasteiger partial charge is 0.369 e. The number of likely N-dealkylation sites (tertiary alicyclic amines) is 1. The van der Waals surface area contributed by atoms with Gasteiger partial charge < -0.3 is 5.73 Å². The summed E-state index contributed by atoms with van der Waals surface area (Å²) in [5.41, 5.74) is 6.80. The summed E-state index contributed by atoms with van der Waals surface area (Å²) in [5.74, 6) is 1.41. The van der Waals surface area contributed by atoms with Crippen molar-refractivity contribution >= 4 is 11.9 Å². The number of guanidine groups is 1. The highest BCUT2D eigenvalue weighted by Gasteiger charge is 2.44. The van der Waals surface area contributed by atoms with Crippen LogP contribution < -0.4 is 5.73 Å². The van der Waals surface area contributed by atoms with E-state index in [2.05, 4.69) is 54.1 Å². The van der Waals surface area contributed by atoms with Gasteiger partial charge in [-0.3, -0.25) is 14.6 Å². The normalized spacial score (nSPS) is 25.2. The maximum Gasteiger partial charge on any atom is 0.257 e. The van der Waals surface area contributed by atoms with Gasteiger partial charge in [0.05, 0.1) is 0 Å². The van der Waals surface area contributed by atoms with Gasteiger partial charge in [0.25, 0.3) is 5.91 Å². The topological polar surface area (TPSA) is 61.9 Å². The Morgan fingerprint density at radius 2 is 1.88 bits per heavy atom. The summed E-state index contributed by atoms with van der Waals surface area (Å²) < 4.78 is 0. The highest BCUT2D eigenvalue weighted by molar-refractivity contribution is 6.06. The fourth-order valence-corrected chi connectivity index (χ4v) is 4.29. The highest BCUT2D eigenvalue weighted by Crippen LogP contribution is 2.30. The first-order chi connectivity index (χ1) is 12.4. The molecule has 142 valence electrons. The van der Waals surface area contributed by atoms with Crippen LogP contribution in [0.1, 0.15) is 45.6 Å². The number of carbonyl (C=O) groups excluding carboxylic acids is 1. The van der Waals surface area contributed by atoms with Crippen molar-refractivity contribution in [2.24, 2.45) is 22.6 Å². The number of nitrogens with two attached hydrogens (primary N) is 1. The van der Waals surface area contributed by atoms with Crippen LogP contribution in [0.2, 0.25) is 0 Å². The molecule has 1 saturated heterocycles. The second-order valence-corrected chi connectivity index (χ2v) is 8.46. The second-order valence-electron chi connectivity index (χ2n) is 8.46. The van der Waals surface area contributed by atoms with E-state index in [0.29, 0.717) is 24.3 Å². The minimum absolute atomic E-state index is 0.0791. The Bertz CT molecular complexity index is 649. The van der Waals surface area contributed by atoms with E-state index in [-0.39, 0.29) is 5.91 Å². The molecule has 1 amide bonds. The van der Waals surface area contributed by atoms with Crippen LogP contribution in [0.25, 0.3) is 0 Å². The third kappa shape index (κ3) is 4.26. The molecule has 2 N–H and O–H groups in total. The number of benzene rings is 1. The Labute approximate surface area is 157 Å². The van der Waals surface area contributed by atoms with Crippen LogP contribution in [-0.4, -0.2) is 46.8 Å². The van der Waals surface area contributed by atoms with Crippen LogP contribution in [0.4, 0.5) is 0 Å². The summed E-state index contributed by atoms with van der Waals surface area (Å²) in [6, 6.07) is 10.6. The van der Waals surface area contributed by atoms with Crippen molar-refractivity contribution in [1.29, 1.82) is 0 Å². The lowest BCUT2D eigenvalue weighted by atomic mass is 9.90. The zero-order valence-corrected chi connectivity index (χ0v) is 16.3. The van der Waals surface area contributed by atoms with E-state index >= 15 is 0 Å². The fraction of sp³-hybridized carbons (Fsp3) is 0.619. The molecule has 0 bridgehead atoms. The molecule has 2 heterocycles. The van der Waals surface area contributed by atoms with Crippen LogP contribution in [0.5, 0.6) is 0 Å². The maximum absolute atomic E-state index is 12.9. The van der Waals surface area contributed by atoms with Crippen molar-refractivity contribution in [3.63, 3.8) is 0 Å². The Hall–Kier alpha value is -1.88. The van der Waals surface area contributed by atoms with Crippen LogP contribution in [0.3, 0.4) is 0 Å². The van der Waals surface area contributed by atoms with E-state index < -0.39 is 5.54 Å². The molecule has 0 spiro atoms. The van der Waals surface area contributed by atoms with Crippen LogP contribution >= 0.6 is 0 Å². The molecule has 3 rings (SSSR count). The molecule has 0 radical (unpaired) electrons. The molecule has 0 saturated carbocycles. The van der Waals surface area contributed by atoms with Gasteiger partial charge in [0, 0.05) is 13.1 Å². The molecule has 2 aliphatic rings. The van der Waals surface area contributed by atoms with Gasteiger partial charge in [0.15, 0.2) is 5.96 Å². The van der Waals surface area contributed by atoms with Crippen molar-refractivity contribution in [3.05, 3.63) is 35.9 Å². The van der Waals surface area contributed by atoms with Crippen molar-refractivity contribution < 1.29 is 4.79 Å². The Morgan fingerprint density at radius 1 is 1.23 bits per heavy atom. The minimum Gasteiger partial charge on any atom is -0.369 e. The van der Waals surface area contributed by atoms with Crippen LogP contribution in [0, 0.1) is 11.8 Å². The summed E-state index contributed by atoms with van der Waals surface area (Å²) in [6.45, 7) is 10.0. The summed E-state index contributed by atoms with van der Waals surface area (Å²) >= 11 is 0. The molecular weight excluding hydrogens is 324 g/mol. The Balaban J connectivity index is 1.52. The maximum atomic E-state index is 12.9. The number of nitrogens with zero attached hydrogens (tertiary/aromatic N) is 3. The first kappa shape index (κ1) is 18.9. The van der Waals surface area contributed by atoms with Gasteiger partial charge in [-0.2, -0.15) is 0 Å². The van der Waals surface area contributed by atoms with E-state index in [1.807, 2.05) is 6.92 Å². The lowest BCUT2D eigenvalue weighted by Crippen LogP contribution is -2.47. The predicted molar refractivity (Wildman–Crippen MR) is 106 cm³/mol. The molecule has 5 heteroatoms. The Kier molecular flexibility index (Phi) is 5.66. The molecule has 0 aliphatic carbocycles. The minimum atomic E-state index is -0.674. The third-order valence-electron chi connectivity index (χ3n) is 5.55. The average molecular weight is 357 g/mol. The van der Waals surface area contributed by atoms with Gasteiger partial charge in [-0.05, 0) is 56.7 Å². The van der Waals surface area contributed by atoms with Gasteiger partial charge in [-0.1, -0.05) is 44.2 Å². The molecule has 1 unspecified atom stereocenters. The van der Waals surface area contributed by atoms with Gasteiger partial charge in [0.2, 0.25) is 0 Å². The first-order valence-corrected chi connectivity index (χ1v) is 9.81. The fourth-order valence-electron chi connectivity index (χ4n) is 4.29. The summed E-state index contributed by atoms with van der Waals surface area (Å²) in [6.07, 6.45) is 2.95. The lowest BCUT2D eigenvalue weighted by Gasteiger charge is -2.34. The average Bonchev–Trinajstić information content (AvgIpc) is 2.80. The van der Waals surface area contributed by atoms with Crippen molar-refractivity contribution in [2.45, 2.75) is 52.1 Å². The number of carbonyl (C=O) groups is 1. The number of piperidine rings is 1. The smallest absolute Gasteiger partial charge is 0.257 e. The molecule has 1 aromatic rings. The monoisotopic (exact) mass is 356 g/mol. The predicted octanol–water partition coefficient (Wildman–Crippen LogP) is 2.86. The molecular formula is C21H32N4O. The SMILES string of the molecule is CC(C)CC1(C)N=C(N)N(CC2CCN(Cc3ccccc3)CC2)C1=O. The molecule has 1 atom stereocenters. The molecule has 1 aromatic carbocycles. The van der Waals surface area contributed by atoms with E-state index in [9.17, 15) is 4.79 Å². The van der Waals surface area contributed by atoms with E-state index in [0.717, 1.165) is 38.9 Å². The van der Waals surface area contributed by atoms with E-state index in [1.165, 1.54) is 5.56 Å². The number of amides is 1. The highest BCUT2D eigenvalue weighted by atomic mass is 16.2. The molecule has 26 heavy (non-hydrogen) atoms. The molecule has 0 aromatic heterocycles. The first-order valence-electron chi connectivity index (χ1n) is 9.81. The zero-order valence-electron chi connectivity index (χ0n) is 16.3. The van der Waals surface area contributed by atoms with Gasteiger partial charge >= 0.3 is 0 Å². The standard InChI is InChI=1S/C21H32N4O/c1-16(2)13-21(3)19(26)25(20(22)23-21)15-18-9-11-24(12-10-18)14-17-7-5-4-6-8-17/h4-8,16,18H,9-15H2,1-3H3,(H2,22,23). The van der Waals surface area contributed by atoms with Gasteiger partial charge in [0.1, 0.15) is 5.54 Å². The summed E-state index contributed by atoms with van der Waals surface area (Å²) in [4.78, 5) is 21.6. The summed E-state index contributed by atoms with van der Waals surface area (Å²) in [7, 11) is 0. The van der Waals surface area contributed by atoms with E-state index in [1.54, 1.807) is 4.90 Å². The Morgan fingerprint density at radius 3 is 2.50 bits per heavy atom. The third-order valence-corrected chi connectivity index (χ3v) is 5.55. The molecule has 1 fully saturated rings. The van der Waals surface area contributed by atoms with Gasteiger partial charge in [-0.25, -0.2) is 4.99 Å². The molecule has 2 aliphatic heterocycles. The van der Waals surface area contributed by atoms with Crippen LogP contribution in [-0.2, 0) is 11.3 Å². The number of hydrogen-bond donors (Lipinski definition) is 1. The second kappa shape index (κ2) is 7.78.